The fraction of sp³-hybridized carbons (Fsp3) is 0.500. The number of hydrogen-bond donors (Lipinski definition) is 3. The van der Waals surface area contributed by atoms with E-state index in [1.807, 2.05) is 18.2 Å². The van der Waals surface area contributed by atoms with Crippen molar-refractivity contribution in [3.63, 3.8) is 0 Å². The van der Waals surface area contributed by atoms with E-state index in [1.165, 1.54) is 19.4 Å². The molecule has 1 aromatic rings. The van der Waals surface area contributed by atoms with Gasteiger partial charge < -0.3 is 21.7 Å². The molecule has 1 aliphatic rings. The molecule has 1 atom stereocenters. The number of likely N-dealkylation sites (N-methyl/N-ethyl adjacent to an activating group) is 1. The SMILES string of the molecule is CN1CCCC(Nc2ccc(N)c(N)c2)C1. The highest BCUT2D eigenvalue weighted by Crippen LogP contribution is 2.21. The van der Waals surface area contributed by atoms with Crippen molar-refractivity contribution in [1.29, 1.82) is 0 Å². The second-order valence-corrected chi connectivity index (χ2v) is 4.59. The minimum Gasteiger partial charge on any atom is -0.397 e. The first-order valence-electron chi connectivity index (χ1n) is 5.75. The predicted molar refractivity (Wildman–Crippen MR) is 69.4 cm³/mol. The summed E-state index contributed by atoms with van der Waals surface area (Å²) in [6.45, 7) is 2.28. The van der Waals surface area contributed by atoms with Gasteiger partial charge in [-0.05, 0) is 44.6 Å². The van der Waals surface area contributed by atoms with Gasteiger partial charge in [0.2, 0.25) is 0 Å². The smallest absolute Gasteiger partial charge is 0.0568 e. The Morgan fingerprint density at radius 1 is 1.31 bits per heavy atom. The third-order valence-corrected chi connectivity index (χ3v) is 3.08. The fourth-order valence-corrected chi connectivity index (χ4v) is 2.18. The Hall–Kier alpha value is -1.42. The monoisotopic (exact) mass is 220 g/mol. The topological polar surface area (TPSA) is 67.3 Å². The van der Waals surface area contributed by atoms with Gasteiger partial charge in [0.1, 0.15) is 0 Å². The molecule has 0 amide bonds. The number of likely N-dealkylation sites (tertiary alicyclic amines) is 1. The number of piperidine rings is 1. The van der Waals surface area contributed by atoms with Gasteiger partial charge in [-0.25, -0.2) is 0 Å². The molecule has 0 radical (unpaired) electrons. The van der Waals surface area contributed by atoms with Crippen molar-refractivity contribution in [3.05, 3.63) is 18.2 Å². The summed E-state index contributed by atoms with van der Waals surface area (Å²) in [5, 5.41) is 3.50. The lowest BCUT2D eigenvalue weighted by atomic mass is 10.1. The molecular formula is C12H20N4. The van der Waals surface area contributed by atoms with Crippen LogP contribution in [0.5, 0.6) is 0 Å². The lowest BCUT2D eigenvalue weighted by molar-refractivity contribution is 0.261. The van der Waals surface area contributed by atoms with E-state index in [2.05, 4.69) is 17.3 Å². The van der Waals surface area contributed by atoms with Gasteiger partial charge in [0.15, 0.2) is 0 Å². The third kappa shape index (κ3) is 2.58. The summed E-state index contributed by atoms with van der Waals surface area (Å²) in [7, 11) is 2.16. The first-order chi connectivity index (χ1) is 7.65. The van der Waals surface area contributed by atoms with Crippen molar-refractivity contribution in [2.24, 2.45) is 0 Å². The second kappa shape index (κ2) is 4.61. The van der Waals surface area contributed by atoms with Gasteiger partial charge in [0.05, 0.1) is 11.4 Å². The average Bonchev–Trinajstić information content (AvgIpc) is 2.24. The number of benzene rings is 1. The molecule has 5 N–H and O–H groups in total. The summed E-state index contributed by atoms with van der Waals surface area (Å²) in [5.74, 6) is 0. The van der Waals surface area contributed by atoms with Gasteiger partial charge in [-0.15, -0.1) is 0 Å². The van der Waals surface area contributed by atoms with Gasteiger partial charge in [0, 0.05) is 18.3 Å². The second-order valence-electron chi connectivity index (χ2n) is 4.59. The average molecular weight is 220 g/mol. The maximum Gasteiger partial charge on any atom is 0.0568 e. The molecular weight excluding hydrogens is 200 g/mol. The minimum atomic E-state index is 0.516. The summed E-state index contributed by atoms with van der Waals surface area (Å²) in [6, 6.07) is 6.26. The Balaban J connectivity index is 2.00. The number of nitrogens with two attached hydrogens (primary N) is 2. The maximum absolute atomic E-state index is 5.78. The van der Waals surface area contributed by atoms with E-state index in [1.54, 1.807) is 0 Å². The molecule has 88 valence electrons. The van der Waals surface area contributed by atoms with Crippen LogP contribution in [0.4, 0.5) is 17.1 Å². The van der Waals surface area contributed by atoms with Crippen LogP contribution in [-0.4, -0.2) is 31.1 Å². The van der Waals surface area contributed by atoms with E-state index < -0.39 is 0 Å². The van der Waals surface area contributed by atoms with Crippen LogP contribution in [0.15, 0.2) is 18.2 Å². The molecule has 0 bridgehead atoms. The minimum absolute atomic E-state index is 0.516. The molecule has 0 spiro atoms. The molecule has 1 saturated heterocycles. The van der Waals surface area contributed by atoms with Crippen LogP contribution < -0.4 is 16.8 Å². The van der Waals surface area contributed by atoms with Crippen LogP contribution in [0.3, 0.4) is 0 Å². The van der Waals surface area contributed by atoms with Crippen LogP contribution in [0.25, 0.3) is 0 Å². The quantitative estimate of drug-likeness (QED) is 0.658. The summed E-state index contributed by atoms with van der Waals surface area (Å²) >= 11 is 0. The molecule has 1 aromatic carbocycles. The highest BCUT2D eigenvalue weighted by molar-refractivity contribution is 5.69. The molecule has 1 unspecified atom stereocenters. The van der Waals surface area contributed by atoms with E-state index in [0.29, 0.717) is 17.4 Å². The zero-order chi connectivity index (χ0) is 11.5. The Morgan fingerprint density at radius 2 is 2.12 bits per heavy atom. The Bertz CT molecular complexity index is 364. The van der Waals surface area contributed by atoms with Crippen LogP contribution in [0.2, 0.25) is 0 Å². The van der Waals surface area contributed by atoms with Gasteiger partial charge >= 0.3 is 0 Å². The van der Waals surface area contributed by atoms with Gasteiger partial charge in [-0.3, -0.25) is 0 Å². The Labute approximate surface area is 96.6 Å². The van der Waals surface area contributed by atoms with Crippen molar-refractivity contribution < 1.29 is 0 Å². The molecule has 4 nitrogen and oxygen atoms in total. The Kier molecular flexibility index (Phi) is 3.19. The molecule has 4 heteroatoms. The van der Waals surface area contributed by atoms with E-state index in [-0.39, 0.29) is 0 Å². The summed E-state index contributed by atoms with van der Waals surface area (Å²) < 4.78 is 0. The molecule has 0 aromatic heterocycles. The standard InChI is InChI=1S/C12H20N4/c1-16-6-2-3-10(8-16)15-9-4-5-11(13)12(14)7-9/h4-5,7,10,15H,2-3,6,8,13-14H2,1H3. The fourth-order valence-electron chi connectivity index (χ4n) is 2.18. The number of nitrogens with one attached hydrogen (secondary N) is 1. The lowest BCUT2D eigenvalue weighted by Gasteiger charge is -2.31. The van der Waals surface area contributed by atoms with Crippen molar-refractivity contribution >= 4 is 17.1 Å². The zero-order valence-electron chi connectivity index (χ0n) is 9.74. The van der Waals surface area contributed by atoms with Crippen molar-refractivity contribution in [2.45, 2.75) is 18.9 Å². The van der Waals surface area contributed by atoms with Crippen molar-refractivity contribution in [3.8, 4) is 0 Å². The summed E-state index contributed by atoms with van der Waals surface area (Å²) in [5.41, 5.74) is 13.8. The summed E-state index contributed by atoms with van der Waals surface area (Å²) in [4.78, 5) is 2.35. The number of hydrogen-bond acceptors (Lipinski definition) is 4. The van der Waals surface area contributed by atoms with Gasteiger partial charge in [-0.1, -0.05) is 0 Å². The zero-order valence-corrected chi connectivity index (χ0v) is 9.74. The van der Waals surface area contributed by atoms with E-state index >= 15 is 0 Å². The van der Waals surface area contributed by atoms with Crippen LogP contribution in [-0.2, 0) is 0 Å². The third-order valence-electron chi connectivity index (χ3n) is 3.08. The maximum atomic E-state index is 5.78. The van der Waals surface area contributed by atoms with Crippen LogP contribution in [0, 0.1) is 0 Å². The van der Waals surface area contributed by atoms with Gasteiger partial charge in [-0.2, -0.15) is 0 Å². The first kappa shape index (κ1) is 11.1. The molecule has 2 rings (SSSR count). The molecule has 16 heavy (non-hydrogen) atoms. The van der Waals surface area contributed by atoms with Crippen molar-refractivity contribution in [2.75, 3.05) is 36.9 Å². The van der Waals surface area contributed by atoms with Crippen molar-refractivity contribution in [1.82, 2.24) is 4.90 Å². The van der Waals surface area contributed by atoms with Gasteiger partial charge in [0.25, 0.3) is 0 Å². The van der Waals surface area contributed by atoms with Crippen LogP contribution in [0.1, 0.15) is 12.8 Å². The van der Waals surface area contributed by atoms with Crippen LogP contribution >= 0.6 is 0 Å². The Morgan fingerprint density at radius 3 is 2.81 bits per heavy atom. The molecule has 0 saturated carbocycles. The number of nitrogen functional groups attached to an aromatic ring is 2. The predicted octanol–water partition coefficient (Wildman–Crippen LogP) is 1.36. The normalized spacial score (nSPS) is 21.9. The summed E-state index contributed by atoms with van der Waals surface area (Å²) in [6.07, 6.45) is 2.47. The lowest BCUT2D eigenvalue weighted by Crippen LogP contribution is -2.39. The number of anilines is 3. The highest BCUT2D eigenvalue weighted by atomic mass is 15.1. The number of nitrogens with zero attached hydrogens (tertiary/aromatic N) is 1. The largest absolute Gasteiger partial charge is 0.397 e. The molecule has 1 fully saturated rings. The number of rotatable bonds is 2. The van der Waals surface area contributed by atoms with E-state index in [0.717, 1.165) is 12.2 Å². The first-order valence-corrected chi connectivity index (χ1v) is 5.75. The molecule has 1 heterocycles. The molecule has 0 aliphatic carbocycles. The van der Waals surface area contributed by atoms with E-state index in [9.17, 15) is 0 Å². The highest BCUT2D eigenvalue weighted by Gasteiger charge is 2.16. The van der Waals surface area contributed by atoms with E-state index in [4.69, 9.17) is 11.5 Å². The molecule has 1 aliphatic heterocycles.